The van der Waals surface area contributed by atoms with Crippen LogP contribution in [0.3, 0.4) is 0 Å². The lowest BCUT2D eigenvalue weighted by atomic mass is 10.1. The number of halogens is 7. The first-order valence-corrected chi connectivity index (χ1v) is 8.54. The van der Waals surface area contributed by atoms with E-state index in [4.69, 9.17) is 16.9 Å². The number of nitriles is 1. The largest absolute Gasteiger partial charge is 0.446 e. The van der Waals surface area contributed by atoms with Gasteiger partial charge in [-0.25, -0.2) is 4.68 Å². The maximum Gasteiger partial charge on any atom is 0.446 e. The monoisotopic (exact) mass is 443 g/mol. The average molecular weight is 444 g/mol. The summed E-state index contributed by atoms with van der Waals surface area (Å²) < 4.78 is 78.9. The van der Waals surface area contributed by atoms with Gasteiger partial charge in [0.25, 0.3) is 0 Å². The van der Waals surface area contributed by atoms with E-state index >= 15 is 0 Å². The summed E-state index contributed by atoms with van der Waals surface area (Å²) in [5, 5.41) is 15.1. The van der Waals surface area contributed by atoms with Crippen LogP contribution < -0.4 is 10.2 Å². The summed E-state index contributed by atoms with van der Waals surface area (Å²) in [4.78, 5) is 0.790. The lowest BCUT2D eigenvalue weighted by Gasteiger charge is -2.22. The molecule has 0 fully saturated rings. The van der Waals surface area contributed by atoms with E-state index < -0.39 is 44.6 Å². The van der Waals surface area contributed by atoms with Crippen LogP contribution in [0, 0.1) is 11.3 Å². The van der Waals surface area contributed by atoms with Crippen molar-refractivity contribution in [3.63, 3.8) is 0 Å². The van der Waals surface area contributed by atoms with Gasteiger partial charge in [-0.15, -0.1) is 0 Å². The normalized spacial score (nSPS) is 12.0. The van der Waals surface area contributed by atoms with Gasteiger partial charge in [0.15, 0.2) is 5.69 Å². The molecule has 0 atom stereocenters. The predicted octanol–water partition coefficient (Wildman–Crippen LogP) is 5.14. The first-order valence-electron chi connectivity index (χ1n) is 7.35. The Kier molecular flexibility index (Phi) is 6.01. The van der Waals surface area contributed by atoms with Crippen molar-refractivity contribution in [3.8, 4) is 11.8 Å². The molecule has 1 heterocycles. The zero-order valence-corrected chi connectivity index (χ0v) is 16.1. The molecule has 1 aromatic heterocycles. The highest BCUT2D eigenvalue weighted by Gasteiger charge is 2.36. The number of thioether (sulfide) groups is 1. The van der Waals surface area contributed by atoms with E-state index in [2.05, 4.69) is 10.4 Å². The van der Waals surface area contributed by atoms with Crippen LogP contribution in [0.15, 0.2) is 17.0 Å². The molecule has 0 spiro atoms. The summed E-state index contributed by atoms with van der Waals surface area (Å²) in [7, 11) is 4.17. The Labute approximate surface area is 164 Å². The quantitative estimate of drug-likeness (QED) is 0.524. The zero-order chi connectivity index (χ0) is 21.4. The lowest BCUT2D eigenvalue weighted by Crippen LogP contribution is -2.16. The first-order chi connectivity index (χ1) is 12.8. The van der Waals surface area contributed by atoms with Crippen molar-refractivity contribution < 1.29 is 26.3 Å². The summed E-state index contributed by atoms with van der Waals surface area (Å²) in [6.45, 7) is 0. The lowest BCUT2D eigenvalue weighted by molar-refractivity contribution is -0.137. The Hall–Kier alpha value is -2.26. The van der Waals surface area contributed by atoms with E-state index in [1.54, 1.807) is 6.07 Å². The minimum Gasteiger partial charge on any atom is -0.376 e. The number of nitrogens with zero attached hydrogens (tertiary/aromatic N) is 4. The molecule has 152 valence electrons. The van der Waals surface area contributed by atoms with Crippen LogP contribution in [-0.4, -0.2) is 36.4 Å². The second kappa shape index (κ2) is 7.63. The van der Waals surface area contributed by atoms with E-state index in [0.717, 1.165) is 10.7 Å². The summed E-state index contributed by atoms with van der Waals surface area (Å²) in [6, 6.07) is 3.00. The highest BCUT2D eigenvalue weighted by molar-refractivity contribution is 8.00. The van der Waals surface area contributed by atoms with Crippen LogP contribution in [-0.2, 0) is 6.18 Å². The maximum atomic E-state index is 13.1. The minimum atomic E-state index is -4.71. The van der Waals surface area contributed by atoms with E-state index in [9.17, 15) is 26.3 Å². The molecular weight excluding hydrogens is 432 g/mol. The Morgan fingerprint density at radius 3 is 2.25 bits per heavy atom. The third-order valence-electron chi connectivity index (χ3n) is 3.47. The molecule has 1 N–H and O–H groups in total. The standard InChI is InChI=1S/C15H12ClF6N5S/c1-24-13-12(28-15(20,21)22)9(6-23)25-27(13)11-8(16)4-7(14(17,18)19)5-10(11)26(2)3/h4-5,24H,1-3H3. The van der Waals surface area contributed by atoms with Crippen LogP contribution in [0.4, 0.5) is 37.8 Å². The molecule has 0 bridgehead atoms. The molecule has 28 heavy (non-hydrogen) atoms. The summed E-state index contributed by atoms with van der Waals surface area (Å²) in [5.41, 5.74) is -6.44. The van der Waals surface area contributed by atoms with Crippen LogP contribution >= 0.6 is 23.4 Å². The molecular formula is C15H12ClF6N5S. The number of hydrogen-bond donors (Lipinski definition) is 1. The van der Waals surface area contributed by atoms with Crippen LogP contribution in [0.5, 0.6) is 0 Å². The van der Waals surface area contributed by atoms with Gasteiger partial charge in [-0.3, -0.25) is 0 Å². The molecule has 0 radical (unpaired) electrons. The van der Waals surface area contributed by atoms with Crippen LogP contribution in [0.2, 0.25) is 5.02 Å². The van der Waals surface area contributed by atoms with Gasteiger partial charge in [-0.1, -0.05) is 11.6 Å². The molecule has 0 aliphatic heterocycles. The number of nitrogens with one attached hydrogen (secondary N) is 1. The highest BCUT2D eigenvalue weighted by atomic mass is 35.5. The van der Waals surface area contributed by atoms with E-state index in [0.29, 0.717) is 6.07 Å². The number of rotatable bonds is 4. The van der Waals surface area contributed by atoms with Crippen molar-refractivity contribution in [2.24, 2.45) is 0 Å². The predicted molar refractivity (Wildman–Crippen MR) is 94.1 cm³/mol. The molecule has 0 aliphatic carbocycles. The number of benzene rings is 1. The molecule has 5 nitrogen and oxygen atoms in total. The number of alkyl halides is 6. The third kappa shape index (κ3) is 4.41. The van der Waals surface area contributed by atoms with Gasteiger partial charge in [0, 0.05) is 21.1 Å². The fraction of sp³-hybridized carbons (Fsp3) is 0.333. The second-order valence-electron chi connectivity index (χ2n) is 5.57. The van der Waals surface area contributed by atoms with Gasteiger partial charge in [-0.2, -0.15) is 36.7 Å². The smallest absolute Gasteiger partial charge is 0.376 e. The Morgan fingerprint density at radius 1 is 1.21 bits per heavy atom. The van der Waals surface area contributed by atoms with Crippen LogP contribution in [0.1, 0.15) is 11.3 Å². The molecule has 0 unspecified atom stereocenters. The fourth-order valence-electron chi connectivity index (χ4n) is 2.37. The number of hydrogen-bond acceptors (Lipinski definition) is 5. The summed E-state index contributed by atoms with van der Waals surface area (Å²) >= 11 is 5.50. The summed E-state index contributed by atoms with van der Waals surface area (Å²) in [6.07, 6.45) is -4.68. The Bertz CT molecular complexity index is 929. The molecule has 13 heteroatoms. The Morgan fingerprint density at radius 2 is 1.82 bits per heavy atom. The topological polar surface area (TPSA) is 56.9 Å². The van der Waals surface area contributed by atoms with Crippen molar-refractivity contribution in [1.29, 1.82) is 5.26 Å². The van der Waals surface area contributed by atoms with Crippen molar-refractivity contribution in [3.05, 3.63) is 28.4 Å². The third-order valence-corrected chi connectivity index (χ3v) is 4.58. The van der Waals surface area contributed by atoms with Crippen molar-refractivity contribution in [2.45, 2.75) is 16.6 Å². The SMILES string of the molecule is CNc1c(SC(F)(F)F)c(C#N)nn1-c1c(Cl)cc(C(F)(F)F)cc1N(C)C. The maximum absolute atomic E-state index is 13.1. The van der Waals surface area contributed by atoms with E-state index in [1.165, 1.54) is 26.0 Å². The average Bonchev–Trinajstić information content (AvgIpc) is 2.88. The summed E-state index contributed by atoms with van der Waals surface area (Å²) in [5.74, 6) is -0.233. The minimum absolute atomic E-state index is 0.0492. The molecule has 1 aromatic carbocycles. The first kappa shape index (κ1) is 22.0. The molecule has 2 aromatic rings. The van der Waals surface area contributed by atoms with Gasteiger partial charge < -0.3 is 10.2 Å². The number of aromatic nitrogens is 2. The molecule has 0 aliphatic rings. The van der Waals surface area contributed by atoms with Crippen molar-refractivity contribution in [2.75, 3.05) is 31.4 Å². The molecule has 0 amide bonds. The number of anilines is 2. The van der Waals surface area contributed by atoms with Gasteiger partial charge in [0.05, 0.1) is 21.2 Å². The van der Waals surface area contributed by atoms with E-state index in [-0.39, 0.29) is 17.2 Å². The Balaban J connectivity index is 2.83. The van der Waals surface area contributed by atoms with Gasteiger partial charge in [0.1, 0.15) is 17.6 Å². The van der Waals surface area contributed by atoms with Crippen molar-refractivity contribution >= 4 is 34.9 Å². The van der Waals surface area contributed by atoms with Crippen molar-refractivity contribution in [1.82, 2.24) is 9.78 Å². The molecule has 0 saturated carbocycles. The molecule has 0 saturated heterocycles. The second-order valence-corrected chi connectivity index (χ2v) is 7.05. The zero-order valence-electron chi connectivity index (χ0n) is 14.5. The van der Waals surface area contributed by atoms with E-state index in [1.807, 2.05) is 0 Å². The molecule has 2 rings (SSSR count). The van der Waals surface area contributed by atoms with Gasteiger partial charge in [-0.05, 0) is 23.9 Å². The fourth-order valence-corrected chi connectivity index (χ4v) is 3.36. The van der Waals surface area contributed by atoms with Gasteiger partial charge >= 0.3 is 11.7 Å². The van der Waals surface area contributed by atoms with Crippen LogP contribution in [0.25, 0.3) is 5.69 Å². The van der Waals surface area contributed by atoms with Gasteiger partial charge in [0.2, 0.25) is 0 Å². The highest BCUT2D eigenvalue weighted by Crippen LogP contribution is 2.45.